The first-order valence-electron chi connectivity index (χ1n) is 7.54. The Balaban J connectivity index is 1.91. The van der Waals surface area contributed by atoms with Gasteiger partial charge < -0.3 is 5.32 Å². The molecule has 0 spiro atoms. The number of nitrogens with zero attached hydrogens (tertiary/aromatic N) is 1. The molecule has 0 radical (unpaired) electrons. The summed E-state index contributed by atoms with van der Waals surface area (Å²) in [5.41, 5.74) is 1.84. The fraction of sp³-hybridized carbons (Fsp3) is 0.167. The number of carbonyl (C=O) groups excluding carboxylic acids is 1. The van der Waals surface area contributed by atoms with Gasteiger partial charge in [-0.05, 0) is 43.2 Å². The van der Waals surface area contributed by atoms with Crippen molar-refractivity contribution in [1.29, 1.82) is 0 Å². The lowest BCUT2D eigenvalue weighted by Gasteiger charge is -2.11. The number of nitrogens with one attached hydrogen (secondary N) is 2. The summed E-state index contributed by atoms with van der Waals surface area (Å²) in [6.07, 6.45) is 0. The number of aromatic amines is 1. The van der Waals surface area contributed by atoms with Crippen LogP contribution in [0.5, 0.6) is 0 Å². The van der Waals surface area contributed by atoms with Crippen molar-refractivity contribution in [3.63, 3.8) is 0 Å². The van der Waals surface area contributed by atoms with Gasteiger partial charge in [0.05, 0.1) is 10.8 Å². The largest absolute Gasteiger partial charge is 0.324 e. The molecule has 1 heterocycles. The molecule has 3 rings (SSSR count). The average molecular weight is 323 g/mol. The first-order valence-corrected chi connectivity index (χ1v) is 7.54. The van der Waals surface area contributed by atoms with Crippen LogP contribution in [0.1, 0.15) is 11.1 Å². The molecule has 0 aliphatic rings. The summed E-state index contributed by atoms with van der Waals surface area (Å²) in [6, 6.07) is 12.3. The monoisotopic (exact) mass is 323 g/mol. The Labute approximate surface area is 137 Å². The number of anilines is 1. The number of hydrogen-bond acceptors (Lipinski definition) is 3. The molecule has 0 aliphatic carbocycles. The van der Waals surface area contributed by atoms with E-state index in [4.69, 9.17) is 0 Å². The second kappa shape index (κ2) is 6.16. The molecule has 2 aromatic carbocycles. The van der Waals surface area contributed by atoms with Crippen molar-refractivity contribution in [2.45, 2.75) is 20.4 Å². The Hall–Kier alpha value is -3.15. The Bertz CT molecular complexity index is 1050. The van der Waals surface area contributed by atoms with E-state index in [0.717, 1.165) is 15.8 Å². The smallest absolute Gasteiger partial charge is 0.273 e. The first kappa shape index (κ1) is 15.7. The van der Waals surface area contributed by atoms with Gasteiger partial charge in [0.15, 0.2) is 0 Å². The Morgan fingerprint density at radius 1 is 1.08 bits per heavy atom. The number of H-pyrrole nitrogens is 1. The van der Waals surface area contributed by atoms with Crippen molar-refractivity contribution in [2.75, 3.05) is 5.32 Å². The minimum absolute atomic E-state index is 0.258. The fourth-order valence-corrected chi connectivity index (χ4v) is 2.56. The SMILES string of the molecule is Cc1ccc(C)c(NC(=O)Cn2[nH]c(=O)c3ccccc3c2=O)c1. The molecule has 0 aliphatic heterocycles. The number of fused-ring (bicyclic) bond motifs is 1. The van der Waals surface area contributed by atoms with Crippen molar-refractivity contribution in [1.82, 2.24) is 9.78 Å². The highest BCUT2D eigenvalue weighted by Crippen LogP contribution is 2.16. The van der Waals surface area contributed by atoms with E-state index in [9.17, 15) is 14.4 Å². The zero-order valence-electron chi connectivity index (χ0n) is 13.4. The average Bonchev–Trinajstić information content (AvgIpc) is 2.56. The Morgan fingerprint density at radius 2 is 1.79 bits per heavy atom. The van der Waals surface area contributed by atoms with Gasteiger partial charge in [-0.2, -0.15) is 0 Å². The van der Waals surface area contributed by atoms with Crippen LogP contribution in [0.3, 0.4) is 0 Å². The minimum atomic E-state index is -0.402. The zero-order valence-corrected chi connectivity index (χ0v) is 13.4. The third-order valence-electron chi connectivity index (χ3n) is 3.85. The van der Waals surface area contributed by atoms with Crippen molar-refractivity contribution >= 4 is 22.4 Å². The topological polar surface area (TPSA) is 84.0 Å². The summed E-state index contributed by atoms with van der Waals surface area (Å²) in [5, 5.41) is 5.83. The van der Waals surface area contributed by atoms with Crippen molar-refractivity contribution in [3.8, 4) is 0 Å². The molecule has 1 amide bonds. The van der Waals surface area contributed by atoms with Crippen molar-refractivity contribution in [3.05, 3.63) is 74.3 Å². The predicted molar refractivity (Wildman–Crippen MR) is 93.4 cm³/mol. The minimum Gasteiger partial charge on any atom is -0.324 e. The van der Waals surface area contributed by atoms with Crippen LogP contribution in [-0.2, 0) is 11.3 Å². The van der Waals surface area contributed by atoms with Crippen LogP contribution in [0, 0.1) is 13.8 Å². The first-order chi connectivity index (χ1) is 11.5. The quantitative estimate of drug-likeness (QED) is 0.772. The summed E-state index contributed by atoms with van der Waals surface area (Å²) in [5.74, 6) is -0.378. The highest BCUT2D eigenvalue weighted by atomic mass is 16.2. The van der Waals surface area contributed by atoms with Crippen molar-refractivity contribution < 1.29 is 4.79 Å². The molecule has 24 heavy (non-hydrogen) atoms. The van der Waals surface area contributed by atoms with E-state index in [0.29, 0.717) is 16.5 Å². The summed E-state index contributed by atoms with van der Waals surface area (Å²) >= 11 is 0. The lowest BCUT2D eigenvalue weighted by molar-refractivity contribution is -0.117. The van der Waals surface area contributed by atoms with Crippen molar-refractivity contribution in [2.24, 2.45) is 0 Å². The molecule has 0 saturated heterocycles. The van der Waals surface area contributed by atoms with Gasteiger partial charge in [-0.3, -0.25) is 19.5 Å². The summed E-state index contributed by atoms with van der Waals surface area (Å²) in [7, 11) is 0. The fourth-order valence-electron chi connectivity index (χ4n) is 2.56. The Morgan fingerprint density at radius 3 is 2.54 bits per heavy atom. The van der Waals surface area contributed by atoms with E-state index in [1.54, 1.807) is 24.3 Å². The Kier molecular flexibility index (Phi) is 4.04. The standard InChI is InChI=1S/C18H17N3O3/c1-11-7-8-12(2)15(9-11)19-16(22)10-21-18(24)14-6-4-3-5-13(14)17(23)20-21/h3-9H,10H2,1-2H3,(H,19,22)(H,20,23). The number of benzene rings is 2. The van der Waals surface area contributed by atoms with Gasteiger partial charge in [0, 0.05) is 5.69 Å². The maximum absolute atomic E-state index is 12.4. The van der Waals surface area contributed by atoms with Crippen LogP contribution in [0.4, 0.5) is 5.69 Å². The highest BCUT2D eigenvalue weighted by molar-refractivity contribution is 5.91. The van der Waals surface area contributed by atoms with Gasteiger partial charge in [0.2, 0.25) is 5.91 Å². The number of carbonyl (C=O) groups is 1. The van der Waals surface area contributed by atoms with E-state index in [1.807, 2.05) is 32.0 Å². The van der Waals surface area contributed by atoms with Gasteiger partial charge >= 0.3 is 0 Å². The molecule has 0 fully saturated rings. The molecule has 0 saturated carbocycles. The van der Waals surface area contributed by atoms with Crippen LogP contribution in [0.25, 0.3) is 10.8 Å². The number of hydrogen-bond donors (Lipinski definition) is 2. The number of rotatable bonds is 3. The molecule has 6 nitrogen and oxygen atoms in total. The summed E-state index contributed by atoms with van der Waals surface area (Å²) in [4.78, 5) is 36.7. The normalized spacial score (nSPS) is 10.8. The van der Waals surface area contributed by atoms with Gasteiger partial charge in [0.25, 0.3) is 11.1 Å². The van der Waals surface area contributed by atoms with Crippen LogP contribution in [0.15, 0.2) is 52.1 Å². The molecule has 3 aromatic rings. The third kappa shape index (κ3) is 2.99. The third-order valence-corrected chi connectivity index (χ3v) is 3.85. The molecule has 1 aromatic heterocycles. The van der Waals surface area contributed by atoms with Crippen LogP contribution in [-0.4, -0.2) is 15.7 Å². The second-order valence-electron chi connectivity index (χ2n) is 5.74. The molecule has 122 valence electrons. The molecule has 6 heteroatoms. The van der Waals surface area contributed by atoms with Gasteiger partial charge in [-0.1, -0.05) is 24.3 Å². The van der Waals surface area contributed by atoms with E-state index in [2.05, 4.69) is 10.4 Å². The van der Waals surface area contributed by atoms with Gasteiger partial charge in [-0.25, -0.2) is 4.68 Å². The molecule has 0 atom stereocenters. The summed E-state index contributed by atoms with van der Waals surface area (Å²) < 4.78 is 1.03. The number of aryl methyl sites for hydroxylation is 2. The molecule has 2 N–H and O–H groups in total. The number of aromatic nitrogens is 2. The van der Waals surface area contributed by atoms with Crippen LogP contribution < -0.4 is 16.4 Å². The molecule has 0 bridgehead atoms. The molecular formula is C18H17N3O3. The zero-order chi connectivity index (χ0) is 17.3. The number of amides is 1. The maximum Gasteiger partial charge on any atom is 0.273 e. The molecule has 0 unspecified atom stereocenters. The van der Waals surface area contributed by atoms with Gasteiger partial charge in [0.1, 0.15) is 6.54 Å². The molecular weight excluding hydrogens is 306 g/mol. The van der Waals surface area contributed by atoms with E-state index in [-0.39, 0.29) is 12.5 Å². The van der Waals surface area contributed by atoms with Crippen LogP contribution in [0.2, 0.25) is 0 Å². The maximum atomic E-state index is 12.4. The lowest BCUT2D eigenvalue weighted by Crippen LogP contribution is -2.34. The second-order valence-corrected chi connectivity index (χ2v) is 5.74. The van der Waals surface area contributed by atoms with Crippen LogP contribution >= 0.6 is 0 Å². The van der Waals surface area contributed by atoms with E-state index >= 15 is 0 Å². The summed E-state index contributed by atoms with van der Waals surface area (Å²) in [6.45, 7) is 3.56. The lowest BCUT2D eigenvalue weighted by atomic mass is 10.1. The highest BCUT2D eigenvalue weighted by Gasteiger charge is 2.11. The van der Waals surface area contributed by atoms with E-state index in [1.165, 1.54) is 0 Å². The van der Waals surface area contributed by atoms with Gasteiger partial charge in [-0.15, -0.1) is 0 Å². The van der Waals surface area contributed by atoms with E-state index < -0.39 is 11.1 Å². The predicted octanol–water partition coefficient (Wildman–Crippen LogP) is 1.95.